The second kappa shape index (κ2) is 8.95. The number of thioether (sulfide) groups is 1. The van der Waals surface area contributed by atoms with E-state index in [4.69, 9.17) is 4.74 Å². The number of halogens is 3. The Morgan fingerprint density at radius 1 is 1.03 bits per heavy atom. The molecular weight excluding hydrogens is 485 g/mol. The van der Waals surface area contributed by atoms with Crippen molar-refractivity contribution in [1.29, 1.82) is 0 Å². The van der Waals surface area contributed by atoms with E-state index in [1.54, 1.807) is 18.2 Å². The summed E-state index contributed by atoms with van der Waals surface area (Å²) in [7, 11) is 0. The molecule has 0 atom stereocenters. The van der Waals surface area contributed by atoms with Crippen LogP contribution < -0.4 is 10.1 Å². The maximum Gasteiger partial charge on any atom is 0.416 e. The molecule has 0 bridgehead atoms. The van der Waals surface area contributed by atoms with E-state index in [0.717, 1.165) is 22.3 Å². The third kappa shape index (κ3) is 4.68. The number of hydrogen-bond acceptors (Lipinski definition) is 8. The second-order valence-corrected chi connectivity index (χ2v) is 8.68. The largest absolute Gasteiger partial charge is 0.438 e. The molecule has 0 saturated carbocycles. The smallest absolute Gasteiger partial charge is 0.416 e. The first-order valence-electron chi connectivity index (χ1n) is 9.83. The van der Waals surface area contributed by atoms with Crippen LogP contribution in [-0.4, -0.2) is 31.4 Å². The van der Waals surface area contributed by atoms with Crippen LogP contribution in [0.3, 0.4) is 0 Å². The van der Waals surface area contributed by atoms with Gasteiger partial charge in [0.25, 0.3) is 0 Å². The fourth-order valence-electron chi connectivity index (χ4n) is 3.16. The van der Waals surface area contributed by atoms with Gasteiger partial charge in [0.05, 0.1) is 10.9 Å². The summed E-state index contributed by atoms with van der Waals surface area (Å²) >= 11 is 2.94. The first kappa shape index (κ1) is 22.2. The average molecular weight is 501 g/mol. The van der Waals surface area contributed by atoms with Gasteiger partial charge in [0.1, 0.15) is 10.6 Å². The lowest BCUT2D eigenvalue weighted by Crippen LogP contribution is -2.05. The molecule has 7 nitrogen and oxygen atoms in total. The molecule has 0 aliphatic heterocycles. The molecule has 0 aliphatic rings. The molecule has 34 heavy (non-hydrogen) atoms. The standard InChI is InChI=1S/C22H15F3N6OS2/c1-33-21-28-18(16-8-9-34-19(16)29-21)32-15-7-2-4-12(10-15)17-27-20(31-30-17)26-14-6-3-5-13(11-14)22(23,24)25/h2-11H,1H3,(H2,26,27,30,31). The topological polar surface area (TPSA) is 88.6 Å². The molecule has 3 aromatic heterocycles. The van der Waals surface area contributed by atoms with Crippen LogP contribution in [0, 0.1) is 0 Å². The van der Waals surface area contributed by atoms with Gasteiger partial charge in [0, 0.05) is 11.3 Å². The number of hydrogen-bond donors (Lipinski definition) is 2. The highest BCUT2D eigenvalue weighted by Crippen LogP contribution is 2.34. The van der Waals surface area contributed by atoms with Crippen LogP contribution in [0.2, 0.25) is 0 Å². The quantitative estimate of drug-likeness (QED) is 0.197. The van der Waals surface area contributed by atoms with Gasteiger partial charge in [-0.2, -0.15) is 18.2 Å². The van der Waals surface area contributed by atoms with E-state index in [0.29, 0.717) is 28.2 Å². The van der Waals surface area contributed by atoms with Gasteiger partial charge >= 0.3 is 6.18 Å². The maximum absolute atomic E-state index is 13.0. The van der Waals surface area contributed by atoms with Crippen molar-refractivity contribution in [3.05, 3.63) is 65.5 Å². The highest BCUT2D eigenvalue weighted by molar-refractivity contribution is 7.98. The van der Waals surface area contributed by atoms with Crippen molar-refractivity contribution < 1.29 is 17.9 Å². The van der Waals surface area contributed by atoms with E-state index in [1.165, 1.54) is 35.2 Å². The van der Waals surface area contributed by atoms with Gasteiger partial charge in [-0.1, -0.05) is 30.0 Å². The number of fused-ring (bicyclic) bond motifs is 1. The van der Waals surface area contributed by atoms with Crippen LogP contribution >= 0.6 is 23.1 Å². The Bertz CT molecular complexity index is 1470. The third-order valence-electron chi connectivity index (χ3n) is 4.71. The second-order valence-electron chi connectivity index (χ2n) is 7.01. The molecule has 0 spiro atoms. The number of nitrogens with one attached hydrogen (secondary N) is 2. The van der Waals surface area contributed by atoms with E-state index >= 15 is 0 Å². The molecule has 0 saturated heterocycles. The minimum absolute atomic E-state index is 0.209. The normalized spacial score (nSPS) is 11.6. The fraction of sp³-hybridized carbons (Fsp3) is 0.0909. The lowest BCUT2D eigenvalue weighted by atomic mass is 10.2. The van der Waals surface area contributed by atoms with Crippen LogP contribution in [0.4, 0.5) is 24.8 Å². The molecular formula is C22H15F3N6OS2. The SMILES string of the molecule is CSc1nc(Oc2cccc(-c3nnc(Nc4cccc(C(F)(F)F)c4)[nH]3)c2)c2ccsc2n1. The highest BCUT2D eigenvalue weighted by Gasteiger charge is 2.30. The van der Waals surface area contributed by atoms with Gasteiger partial charge in [-0.15, -0.1) is 21.5 Å². The summed E-state index contributed by atoms with van der Waals surface area (Å²) in [6.07, 6.45) is -2.53. The zero-order valence-corrected chi connectivity index (χ0v) is 19.1. The molecule has 172 valence electrons. The summed E-state index contributed by atoms with van der Waals surface area (Å²) in [5.41, 5.74) is 0.168. The number of aromatic nitrogens is 5. The molecule has 2 N–H and O–H groups in total. The van der Waals surface area contributed by atoms with Crippen LogP contribution in [0.1, 0.15) is 5.56 Å². The number of anilines is 2. The minimum atomic E-state index is -4.43. The fourth-order valence-corrected chi connectivity index (χ4v) is 4.32. The maximum atomic E-state index is 13.0. The molecule has 5 aromatic rings. The summed E-state index contributed by atoms with van der Waals surface area (Å²) in [6, 6.07) is 13.9. The van der Waals surface area contributed by atoms with Crippen molar-refractivity contribution in [2.45, 2.75) is 11.3 Å². The molecule has 2 aromatic carbocycles. The van der Waals surface area contributed by atoms with Crippen molar-refractivity contribution in [2.75, 3.05) is 11.6 Å². The van der Waals surface area contributed by atoms with E-state index in [-0.39, 0.29) is 11.6 Å². The Labute approximate surface area is 199 Å². The van der Waals surface area contributed by atoms with Crippen molar-refractivity contribution >= 4 is 45.0 Å². The Morgan fingerprint density at radius 2 is 1.88 bits per heavy atom. The van der Waals surface area contributed by atoms with E-state index < -0.39 is 11.7 Å². The lowest BCUT2D eigenvalue weighted by molar-refractivity contribution is -0.137. The number of aromatic amines is 1. The monoisotopic (exact) mass is 500 g/mol. The van der Waals surface area contributed by atoms with Crippen LogP contribution in [0.25, 0.3) is 21.6 Å². The minimum Gasteiger partial charge on any atom is -0.438 e. The molecule has 0 aliphatic carbocycles. The molecule has 0 fully saturated rings. The number of benzene rings is 2. The lowest BCUT2D eigenvalue weighted by Gasteiger charge is -2.09. The van der Waals surface area contributed by atoms with Gasteiger partial charge < -0.3 is 15.0 Å². The molecule has 0 unspecified atom stereocenters. The van der Waals surface area contributed by atoms with E-state index in [2.05, 4.69) is 30.5 Å². The Morgan fingerprint density at radius 3 is 2.71 bits per heavy atom. The highest BCUT2D eigenvalue weighted by atomic mass is 32.2. The zero-order chi connectivity index (χ0) is 23.7. The van der Waals surface area contributed by atoms with Crippen molar-refractivity contribution in [2.24, 2.45) is 0 Å². The molecule has 0 radical (unpaired) electrons. The van der Waals surface area contributed by atoms with Crippen LogP contribution in [0.5, 0.6) is 11.6 Å². The van der Waals surface area contributed by atoms with Gasteiger partial charge in [-0.3, -0.25) is 0 Å². The number of thiophene rings is 1. The number of alkyl halides is 3. The van der Waals surface area contributed by atoms with Gasteiger partial charge in [0.15, 0.2) is 11.0 Å². The van der Waals surface area contributed by atoms with E-state index in [9.17, 15) is 13.2 Å². The molecule has 0 amide bonds. The number of H-pyrrole nitrogens is 1. The third-order valence-corrected chi connectivity index (χ3v) is 6.07. The predicted octanol–water partition coefficient (Wildman–Crippen LogP) is 6.75. The van der Waals surface area contributed by atoms with Crippen LogP contribution in [-0.2, 0) is 6.18 Å². The van der Waals surface area contributed by atoms with Crippen LogP contribution in [0.15, 0.2) is 65.1 Å². The Hall–Kier alpha value is -3.64. The van der Waals surface area contributed by atoms with Gasteiger partial charge in [-0.05, 0) is 48.0 Å². The molecule has 12 heteroatoms. The van der Waals surface area contributed by atoms with Crippen molar-refractivity contribution in [3.8, 4) is 23.0 Å². The van der Waals surface area contributed by atoms with Gasteiger partial charge in [0.2, 0.25) is 11.8 Å². The first-order valence-corrected chi connectivity index (χ1v) is 11.9. The average Bonchev–Trinajstić information content (AvgIpc) is 3.48. The predicted molar refractivity (Wildman–Crippen MR) is 126 cm³/mol. The molecule has 5 rings (SSSR count). The number of nitrogens with zero attached hydrogens (tertiary/aromatic N) is 4. The Kier molecular flexibility index (Phi) is 5.84. The number of rotatable bonds is 6. The summed E-state index contributed by atoms with van der Waals surface area (Å²) in [4.78, 5) is 12.8. The van der Waals surface area contributed by atoms with E-state index in [1.807, 2.05) is 23.8 Å². The van der Waals surface area contributed by atoms with Crippen molar-refractivity contribution in [1.82, 2.24) is 25.1 Å². The molecule has 3 heterocycles. The first-order chi connectivity index (χ1) is 16.4. The summed E-state index contributed by atoms with van der Waals surface area (Å²) in [5.74, 6) is 1.63. The van der Waals surface area contributed by atoms with Crippen molar-refractivity contribution in [3.63, 3.8) is 0 Å². The summed E-state index contributed by atoms with van der Waals surface area (Å²) in [5, 5.41) is 14.3. The Balaban J connectivity index is 1.38. The van der Waals surface area contributed by atoms with Gasteiger partial charge in [-0.25, -0.2) is 4.98 Å². The summed E-state index contributed by atoms with van der Waals surface area (Å²) in [6.45, 7) is 0. The summed E-state index contributed by atoms with van der Waals surface area (Å²) < 4.78 is 44.9. The zero-order valence-electron chi connectivity index (χ0n) is 17.4. The number of ether oxygens (including phenoxy) is 1.